The van der Waals surface area contributed by atoms with Crippen molar-refractivity contribution in [1.82, 2.24) is 4.90 Å². The third kappa shape index (κ3) is 3.39. The van der Waals surface area contributed by atoms with Crippen LogP contribution in [-0.2, 0) is 22.6 Å². The lowest BCUT2D eigenvalue weighted by Crippen LogP contribution is -2.46. The van der Waals surface area contributed by atoms with Gasteiger partial charge in [0.25, 0.3) is 0 Å². The Balaban J connectivity index is 2.19. The van der Waals surface area contributed by atoms with Gasteiger partial charge in [0.2, 0.25) is 5.91 Å². The van der Waals surface area contributed by atoms with E-state index in [-0.39, 0.29) is 17.7 Å². The van der Waals surface area contributed by atoms with Crippen LogP contribution in [0, 0.1) is 0 Å². The molecule has 0 saturated carbocycles. The number of carbonyl (C=O) groups is 2. The smallest absolute Gasteiger partial charge is 0.327 e. The molecule has 3 N–H and O–H groups in total. The van der Waals surface area contributed by atoms with Crippen LogP contribution >= 0.6 is 11.8 Å². The Bertz CT molecular complexity index is 535. The third-order valence-corrected chi connectivity index (χ3v) is 5.15. The molecule has 1 fully saturated rings. The van der Waals surface area contributed by atoms with Gasteiger partial charge in [0.1, 0.15) is 6.04 Å². The van der Waals surface area contributed by atoms with Gasteiger partial charge in [0.15, 0.2) is 0 Å². The molecular formula is C15H20N2O3S. The highest BCUT2D eigenvalue weighted by molar-refractivity contribution is 8.00. The third-order valence-electron chi connectivity index (χ3n) is 3.69. The highest BCUT2D eigenvalue weighted by atomic mass is 32.2. The molecule has 1 aromatic carbocycles. The van der Waals surface area contributed by atoms with Gasteiger partial charge >= 0.3 is 5.97 Å². The Morgan fingerprint density at radius 1 is 1.38 bits per heavy atom. The molecule has 1 heterocycles. The second-order valence-corrected chi connectivity index (χ2v) is 6.21. The first-order valence-electron chi connectivity index (χ1n) is 7.00. The number of hydrogen-bond donors (Lipinski definition) is 2. The van der Waals surface area contributed by atoms with E-state index in [2.05, 4.69) is 0 Å². The highest BCUT2D eigenvalue weighted by Gasteiger charge is 2.40. The number of rotatable bonds is 5. The summed E-state index contributed by atoms with van der Waals surface area (Å²) in [7, 11) is 0. The molecule has 1 aliphatic rings. The maximum Gasteiger partial charge on any atom is 0.327 e. The minimum absolute atomic E-state index is 0.0522. The van der Waals surface area contributed by atoms with Gasteiger partial charge < -0.3 is 15.7 Å². The van der Waals surface area contributed by atoms with E-state index in [1.54, 1.807) is 0 Å². The summed E-state index contributed by atoms with van der Waals surface area (Å²) in [5, 5.41) is 9.23. The zero-order chi connectivity index (χ0) is 15.4. The van der Waals surface area contributed by atoms with Crippen LogP contribution in [0.5, 0.6) is 0 Å². The number of benzene rings is 1. The lowest BCUT2D eigenvalue weighted by molar-refractivity contribution is -0.148. The maximum absolute atomic E-state index is 12.6. The molecule has 2 rings (SSSR count). The summed E-state index contributed by atoms with van der Waals surface area (Å²) < 4.78 is 0. The molecule has 0 bridgehead atoms. The maximum atomic E-state index is 12.6. The van der Waals surface area contributed by atoms with Crippen LogP contribution in [0.2, 0.25) is 0 Å². The molecule has 114 valence electrons. The molecule has 1 saturated heterocycles. The van der Waals surface area contributed by atoms with Crippen molar-refractivity contribution < 1.29 is 14.7 Å². The standard InChI is InChI=1S/C15H20N2O3S/c1-2-14-17(12(9-21-14)15(19)20)13(18)7-10-5-3-4-6-11(10)8-16/h3-6,12,14H,2,7-9,16H2,1H3,(H,19,20). The summed E-state index contributed by atoms with van der Waals surface area (Å²) in [6.07, 6.45) is 0.951. The number of carboxylic acids is 1. The van der Waals surface area contributed by atoms with Gasteiger partial charge in [-0.25, -0.2) is 4.79 Å². The van der Waals surface area contributed by atoms with Crippen molar-refractivity contribution in [2.45, 2.75) is 37.7 Å². The molecule has 21 heavy (non-hydrogen) atoms. The molecule has 2 atom stereocenters. The van der Waals surface area contributed by atoms with Crippen molar-refractivity contribution in [2.24, 2.45) is 5.73 Å². The minimum atomic E-state index is -0.932. The van der Waals surface area contributed by atoms with Crippen LogP contribution in [-0.4, -0.2) is 39.1 Å². The van der Waals surface area contributed by atoms with E-state index in [4.69, 9.17) is 5.73 Å². The Labute approximate surface area is 128 Å². The average Bonchev–Trinajstić information content (AvgIpc) is 2.92. The van der Waals surface area contributed by atoms with Gasteiger partial charge in [-0.15, -0.1) is 11.8 Å². The highest BCUT2D eigenvalue weighted by Crippen LogP contribution is 2.32. The molecule has 0 spiro atoms. The Morgan fingerprint density at radius 3 is 2.62 bits per heavy atom. The molecule has 2 unspecified atom stereocenters. The van der Waals surface area contributed by atoms with Crippen molar-refractivity contribution in [3.8, 4) is 0 Å². The van der Waals surface area contributed by atoms with Crippen LogP contribution in [0.25, 0.3) is 0 Å². The van der Waals surface area contributed by atoms with Gasteiger partial charge in [-0.3, -0.25) is 4.79 Å². The monoisotopic (exact) mass is 308 g/mol. The Hall–Kier alpha value is -1.53. The zero-order valence-corrected chi connectivity index (χ0v) is 12.8. The number of amides is 1. The number of thioether (sulfide) groups is 1. The summed E-state index contributed by atoms with van der Waals surface area (Å²) in [6, 6.07) is 6.80. The summed E-state index contributed by atoms with van der Waals surface area (Å²) in [4.78, 5) is 25.4. The largest absolute Gasteiger partial charge is 0.480 e. The quantitative estimate of drug-likeness (QED) is 0.860. The van der Waals surface area contributed by atoms with Crippen molar-refractivity contribution in [2.75, 3.05) is 5.75 Å². The summed E-state index contributed by atoms with van der Waals surface area (Å²) in [5.41, 5.74) is 7.49. The van der Waals surface area contributed by atoms with Crippen LogP contribution < -0.4 is 5.73 Å². The van der Waals surface area contributed by atoms with Gasteiger partial charge in [-0.05, 0) is 17.5 Å². The second-order valence-electron chi connectivity index (χ2n) is 5.00. The molecule has 0 radical (unpaired) electrons. The van der Waals surface area contributed by atoms with Gasteiger partial charge in [0.05, 0.1) is 11.8 Å². The summed E-state index contributed by atoms with van der Waals surface area (Å²) >= 11 is 1.54. The number of nitrogens with two attached hydrogens (primary N) is 1. The van der Waals surface area contributed by atoms with E-state index in [0.717, 1.165) is 17.5 Å². The molecule has 0 aromatic heterocycles. The van der Waals surface area contributed by atoms with Gasteiger partial charge in [-0.1, -0.05) is 31.2 Å². The summed E-state index contributed by atoms with van der Waals surface area (Å²) in [5.74, 6) is -0.614. The molecule has 0 aliphatic carbocycles. The number of hydrogen-bond acceptors (Lipinski definition) is 4. The van der Waals surface area contributed by atoms with E-state index in [9.17, 15) is 14.7 Å². The Kier molecular flexibility index (Phi) is 5.25. The first kappa shape index (κ1) is 15.9. The topological polar surface area (TPSA) is 83.6 Å². The molecule has 1 amide bonds. The van der Waals surface area contributed by atoms with Crippen LogP contribution in [0.15, 0.2) is 24.3 Å². The van der Waals surface area contributed by atoms with E-state index in [1.165, 1.54) is 16.7 Å². The van der Waals surface area contributed by atoms with Crippen LogP contribution in [0.4, 0.5) is 0 Å². The molecule has 1 aromatic rings. The van der Waals surface area contributed by atoms with Crippen molar-refractivity contribution in [1.29, 1.82) is 0 Å². The van der Waals surface area contributed by atoms with E-state index < -0.39 is 12.0 Å². The first-order valence-corrected chi connectivity index (χ1v) is 8.05. The lowest BCUT2D eigenvalue weighted by Gasteiger charge is -2.27. The predicted octanol–water partition coefficient (Wildman–Crippen LogP) is 1.45. The normalized spacial score (nSPS) is 21.5. The zero-order valence-electron chi connectivity index (χ0n) is 12.0. The predicted molar refractivity (Wildman–Crippen MR) is 82.8 cm³/mol. The number of carboxylic acid groups (broad SMARTS) is 1. The molecule has 6 heteroatoms. The van der Waals surface area contributed by atoms with E-state index >= 15 is 0 Å². The van der Waals surface area contributed by atoms with Crippen LogP contribution in [0.3, 0.4) is 0 Å². The average molecular weight is 308 g/mol. The number of aliphatic carboxylic acids is 1. The molecule has 5 nitrogen and oxygen atoms in total. The SMILES string of the molecule is CCC1SCC(C(=O)O)N1C(=O)Cc1ccccc1CN. The van der Waals surface area contributed by atoms with Gasteiger partial charge in [-0.2, -0.15) is 0 Å². The van der Waals surface area contributed by atoms with Crippen molar-refractivity contribution in [3.05, 3.63) is 35.4 Å². The fourth-order valence-corrected chi connectivity index (χ4v) is 3.95. The van der Waals surface area contributed by atoms with Crippen LogP contribution in [0.1, 0.15) is 24.5 Å². The molecule has 1 aliphatic heterocycles. The Morgan fingerprint density at radius 2 is 2.05 bits per heavy atom. The second kappa shape index (κ2) is 6.95. The van der Waals surface area contributed by atoms with E-state index in [1.807, 2.05) is 31.2 Å². The summed E-state index contributed by atoms with van der Waals surface area (Å²) in [6.45, 7) is 2.34. The fraction of sp³-hybridized carbons (Fsp3) is 0.467. The fourth-order valence-electron chi connectivity index (χ4n) is 2.59. The number of carbonyl (C=O) groups excluding carboxylic acids is 1. The van der Waals surface area contributed by atoms with E-state index in [0.29, 0.717) is 12.3 Å². The van der Waals surface area contributed by atoms with Gasteiger partial charge in [0, 0.05) is 12.3 Å². The first-order chi connectivity index (χ1) is 10.1. The lowest BCUT2D eigenvalue weighted by atomic mass is 10.0. The number of nitrogens with zero attached hydrogens (tertiary/aromatic N) is 1. The van der Waals surface area contributed by atoms with Crippen molar-refractivity contribution in [3.63, 3.8) is 0 Å². The minimum Gasteiger partial charge on any atom is -0.480 e. The molecular weight excluding hydrogens is 288 g/mol. The van der Waals surface area contributed by atoms with Crippen molar-refractivity contribution >= 4 is 23.6 Å².